The van der Waals surface area contributed by atoms with Crippen molar-refractivity contribution in [2.24, 2.45) is 0 Å². The molecule has 0 aliphatic carbocycles. The minimum atomic E-state index is -0.464. The number of hydrogen-bond donors (Lipinski definition) is 2. The maximum Gasteiger partial charge on any atom is -1.00 e. The predicted octanol–water partition coefficient (Wildman–Crippen LogP) is -7.18. The van der Waals surface area contributed by atoms with Gasteiger partial charge in [-0.15, -0.1) is 0 Å². The molecule has 4 unspecified atom stereocenters. The van der Waals surface area contributed by atoms with E-state index in [4.69, 9.17) is 18.9 Å². The van der Waals surface area contributed by atoms with Crippen molar-refractivity contribution in [1.29, 1.82) is 0 Å². The topological polar surface area (TPSA) is 67.5 Å². The van der Waals surface area contributed by atoms with Crippen molar-refractivity contribution in [2.75, 3.05) is 68.7 Å². The first-order chi connectivity index (χ1) is 10.9. The summed E-state index contributed by atoms with van der Waals surface area (Å²) in [5.74, 6) is 0. The number of halogens is 2. The molecule has 1 heterocycles. The van der Waals surface area contributed by atoms with E-state index in [1.165, 1.54) is 0 Å². The van der Waals surface area contributed by atoms with E-state index < -0.39 is 4.03 Å². The average Bonchev–Trinajstić information content (AvgIpc) is 2.56. The summed E-state index contributed by atoms with van der Waals surface area (Å²) in [6, 6.07) is 0. The number of methoxy groups -OCH3 is 4. The van der Waals surface area contributed by atoms with Gasteiger partial charge in [-0.05, 0) is 0 Å². The second-order valence-electron chi connectivity index (χ2n) is 5.74. The van der Waals surface area contributed by atoms with Gasteiger partial charge in [-0.1, -0.05) is 0 Å². The van der Waals surface area contributed by atoms with Crippen LogP contribution in [0.5, 0.6) is 0 Å². The zero-order chi connectivity index (χ0) is 17.5. The zero-order valence-corrected chi connectivity index (χ0v) is 18.9. The summed E-state index contributed by atoms with van der Waals surface area (Å²) < 4.78 is 21.9. The van der Waals surface area contributed by atoms with E-state index in [-0.39, 0.29) is 43.5 Å². The molecule has 0 aromatic carbocycles. The van der Waals surface area contributed by atoms with Gasteiger partial charge in [-0.2, -0.15) is 0 Å². The molecule has 1 fully saturated rings. The van der Waals surface area contributed by atoms with Crippen molar-refractivity contribution in [3.8, 4) is 0 Å². The molecule has 0 saturated carbocycles. The quantitative estimate of drug-likeness (QED) is 0.420. The van der Waals surface area contributed by atoms with Gasteiger partial charge < -0.3 is 24.8 Å². The molecule has 1 aliphatic rings. The molecule has 0 spiro atoms. The van der Waals surface area contributed by atoms with Crippen molar-refractivity contribution < 1.29 is 64.2 Å². The van der Waals surface area contributed by atoms with Crippen LogP contribution < -0.4 is 35.4 Å². The summed E-state index contributed by atoms with van der Waals surface area (Å²) in [7, 11) is 10.9. The Balaban J connectivity index is 0. The Morgan fingerprint density at radius 3 is 2.00 bits per heavy atom. The first kappa shape index (κ1) is 28.2. The molecule has 0 aromatic rings. The van der Waals surface area contributed by atoms with E-state index in [1.807, 2.05) is 14.1 Å². The minimum Gasteiger partial charge on any atom is -1.00 e. The molecule has 0 aromatic heterocycles. The smallest absolute Gasteiger partial charge is 1.00 e. The van der Waals surface area contributed by atoms with E-state index >= 15 is 0 Å². The van der Waals surface area contributed by atoms with E-state index in [9.17, 15) is 0 Å². The van der Waals surface area contributed by atoms with Crippen LogP contribution in [0, 0.1) is 0 Å². The molecule has 0 radical (unpaired) electrons. The van der Waals surface area contributed by atoms with Crippen LogP contribution in [0.3, 0.4) is 0 Å². The Kier molecular flexibility index (Phi) is 15.8. The molecule has 4 atom stereocenters. The first-order valence-electron chi connectivity index (χ1n) is 7.67. The average molecular weight is 438 g/mol. The van der Waals surface area contributed by atoms with Gasteiger partial charge in [0, 0.05) is 0 Å². The summed E-state index contributed by atoms with van der Waals surface area (Å²) in [5.41, 5.74) is 0. The Morgan fingerprint density at radius 2 is 1.52 bits per heavy atom. The van der Waals surface area contributed by atoms with Crippen LogP contribution in [0.2, 0.25) is 0 Å². The normalized spacial score (nSPS) is 33.5. The fraction of sp³-hybridized carbons (Fsp3) is 1.00. The van der Waals surface area contributed by atoms with E-state index in [0.29, 0.717) is 26.2 Å². The number of hydrogen-bond acceptors (Lipinski definition) is 8. The second-order valence-corrected chi connectivity index (χ2v) is 6.96. The van der Waals surface area contributed by atoms with Gasteiger partial charge in [0.15, 0.2) is 0 Å². The molecule has 1 saturated heterocycles. The third-order valence-corrected chi connectivity index (χ3v) is 5.46. The van der Waals surface area contributed by atoms with Crippen LogP contribution in [-0.2, 0) is 39.4 Å². The van der Waals surface area contributed by atoms with Crippen LogP contribution in [0.15, 0.2) is 0 Å². The Bertz CT molecular complexity index is 352. The van der Waals surface area contributed by atoms with Crippen LogP contribution in [0.4, 0.5) is 0 Å². The van der Waals surface area contributed by atoms with Crippen molar-refractivity contribution in [3.63, 3.8) is 0 Å². The summed E-state index contributed by atoms with van der Waals surface area (Å²) in [6.07, 6.45) is -0.291. The fourth-order valence-electron chi connectivity index (χ4n) is 2.47. The molecular formula is C14H31Cl2N4O4Ti. The van der Waals surface area contributed by atoms with Gasteiger partial charge in [0.1, 0.15) is 0 Å². The number of likely N-dealkylation sites (N-methyl/N-ethyl adjacent to an activating group) is 2. The molecule has 25 heavy (non-hydrogen) atoms. The number of nitrogens with zero attached hydrogens (tertiary/aromatic N) is 2. The molecule has 0 bridgehead atoms. The van der Waals surface area contributed by atoms with Crippen LogP contribution in [0.1, 0.15) is 0 Å². The van der Waals surface area contributed by atoms with Crippen molar-refractivity contribution >= 4 is 0 Å². The summed E-state index contributed by atoms with van der Waals surface area (Å²) in [5, 5.41) is 6.75. The van der Waals surface area contributed by atoms with Gasteiger partial charge in [-0.3, -0.25) is 0 Å². The largest absolute Gasteiger partial charge is 1.00 e. The SMILES string of the molecule is COC1CNC(OC)CN(C)C(OC)CN(C)[C]([Ti+2])(OC)CN1.[Cl-].[Cl-]. The number of nitrogens with one attached hydrogen (secondary N) is 2. The van der Waals surface area contributed by atoms with Gasteiger partial charge in [0.05, 0.1) is 0 Å². The summed E-state index contributed by atoms with van der Waals surface area (Å²) >= 11 is 2.05. The van der Waals surface area contributed by atoms with E-state index in [0.717, 1.165) is 0 Å². The maximum absolute atomic E-state index is 5.75. The molecule has 149 valence electrons. The maximum atomic E-state index is 5.75. The second kappa shape index (κ2) is 14.0. The molecule has 11 heteroatoms. The van der Waals surface area contributed by atoms with E-state index in [2.05, 4.69) is 40.9 Å². The molecule has 1 aliphatic heterocycles. The standard InChI is InChI=1S/C14H31N4O4.2ClH.Ti/c1-17-9-12(20-4)15-7-11(19-3)16-8-13(21-5)18(2)10-14(17)22-6;;;/h11-12,14-16H,7-10H2,1-6H3;2*1H;/q;;;+2/p-2. The van der Waals surface area contributed by atoms with Crippen molar-refractivity contribution in [3.05, 3.63) is 0 Å². The predicted molar refractivity (Wildman–Crippen MR) is 83.4 cm³/mol. The fourth-order valence-corrected chi connectivity index (χ4v) is 2.77. The van der Waals surface area contributed by atoms with Gasteiger partial charge >= 0.3 is 151 Å². The van der Waals surface area contributed by atoms with E-state index in [1.54, 1.807) is 28.4 Å². The third-order valence-electron chi connectivity index (χ3n) is 4.27. The first-order valence-corrected chi connectivity index (χ1v) is 8.45. The molecule has 2 N–H and O–H groups in total. The number of ether oxygens (including phenoxy) is 4. The third kappa shape index (κ3) is 8.68. The van der Waals surface area contributed by atoms with Gasteiger partial charge in [-0.25, -0.2) is 0 Å². The molecule has 8 nitrogen and oxygen atoms in total. The van der Waals surface area contributed by atoms with Crippen LogP contribution in [0.25, 0.3) is 0 Å². The van der Waals surface area contributed by atoms with Crippen molar-refractivity contribution in [2.45, 2.75) is 22.7 Å². The van der Waals surface area contributed by atoms with Crippen LogP contribution >= 0.6 is 0 Å². The molecular weight excluding hydrogens is 407 g/mol. The molecule has 1 rings (SSSR count). The monoisotopic (exact) mass is 437 g/mol. The summed E-state index contributed by atoms with van der Waals surface area (Å²) in [4.78, 5) is 4.28. The van der Waals surface area contributed by atoms with Gasteiger partial charge in [0.25, 0.3) is 0 Å². The van der Waals surface area contributed by atoms with Gasteiger partial charge in [0.2, 0.25) is 0 Å². The molecule has 0 amide bonds. The minimum absolute atomic E-state index is 0. The zero-order valence-electron chi connectivity index (χ0n) is 15.8. The van der Waals surface area contributed by atoms with Crippen LogP contribution in [-0.4, -0.2) is 101 Å². The Morgan fingerprint density at radius 1 is 0.920 bits per heavy atom. The Hall–Kier alpha value is 0.974. The summed E-state index contributed by atoms with van der Waals surface area (Å²) in [6.45, 7) is 2.65. The Labute approximate surface area is 175 Å². The van der Waals surface area contributed by atoms with Crippen molar-refractivity contribution in [1.82, 2.24) is 20.4 Å². The number of rotatable bonds is 4.